The smallest absolute Gasteiger partial charge is 0.330 e. The van der Waals surface area contributed by atoms with Crippen LogP contribution in [0.4, 0.5) is 0 Å². The van der Waals surface area contributed by atoms with Gasteiger partial charge in [0.05, 0.1) is 11.9 Å². The minimum atomic E-state index is -3.52. The second-order valence-corrected chi connectivity index (χ2v) is 9.51. The van der Waals surface area contributed by atoms with E-state index in [0.29, 0.717) is 6.42 Å². The highest BCUT2D eigenvalue weighted by Crippen LogP contribution is 2.29. The average Bonchev–Trinajstić information content (AvgIpc) is 3.53. The van der Waals surface area contributed by atoms with Gasteiger partial charge < -0.3 is 9.47 Å². The highest BCUT2D eigenvalue weighted by atomic mass is 32.2. The molecule has 0 spiro atoms. The van der Waals surface area contributed by atoms with Crippen molar-refractivity contribution in [2.24, 2.45) is 0 Å². The molecular weight excluding hydrogens is 422 g/mol. The number of aromatic nitrogens is 2. The van der Waals surface area contributed by atoms with Crippen molar-refractivity contribution in [3.8, 4) is 5.75 Å². The van der Waals surface area contributed by atoms with Crippen molar-refractivity contribution in [1.29, 1.82) is 0 Å². The summed E-state index contributed by atoms with van der Waals surface area (Å²) in [5, 5.41) is 0. The number of hydrogen-bond donors (Lipinski definition) is 2. The molecule has 170 valence electrons. The summed E-state index contributed by atoms with van der Waals surface area (Å²) >= 11 is 0. The zero-order valence-corrected chi connectivity index (χ0v) is 18.4. The molecule has 1 aromatic carbocycles. The van der Waals surface area contributed by atoms with Gasteiger partial charge in [0.2, 0.25) is 10.0 Å². The first-order valence-corrected chi connectivity index (χ1v) is 12.2. The van der Waals surface area contributed by atoms with E-state index >= 15 is 0 Å². The molecular formula is C21H29N3O6S. The lowest BCUT2D eigenvalue weighted by Gasteiger charge is -2.19. The second kappa shape index (κ2) is 10.7. The molecule has 0 radical (unpaired) electrons. The minimum absolute atomic E-state index is 0.0602. The van der Waals surface area contributed by atoms with Gasteiger partial charge in [-0.15, -0.1) is 0 Å². The molecule has 0 bridgehead atoms. The van der Waals surface area contributed by atoms with Gasteiger partial charge in [-0.25, -0.2) is 17.9 Å². The summed E-state index contributed by atoms with van der Waals surface area (Å²) in [7, 11) is -3.52. The van der Waals surface area contributed by atoms with Crippen molar-refractivity contribution in [3.05, 3.63) is 62.9 Å². The fourth-order valence-corrected chi connectivity index (χ4v) is 4.40. The molecule has 31 heavy (non-hydrogen) atoms. The van der Waals surface area contributed by atoms with Gasteiger partial charge >= 0.3 is 5.69 Å². The molecule has 1 aliphatic carbocycles. The average molecular weight is 452 g/mol. The summed E-state index contributed by atoms with van der Waals surface area (Å²) in [5.41, 5.74) is -0.168. The Labute approximate surface area is 181 Å². The first-order valence-electron chi connectivity index (χ1n) is 10.5. The highest BCUT2D eigenvalue weighted by Gasteiger charge is 2.24. The van der Waals surface area contributed by atoms with E-state index < -0.39 is 21.3 Å². The van der Waals surface area contributed by atoms with Crippen LogP contribution in [0.5, 0.6) is 5.75 Å². The van der Waals surface area contributed by atoms with E-state index in [1.807, 2.05) is 31.2 Å². The van der Waals surface area contributed by atoms with E-state index in [4.69, 9.17) is 9.47 Å². The Morgan fingerprint density at radius 3 is 2.77 bits per heavy atom. The van der Waals surface area contributed by atoms with Crippen LogP contribution >= 0.6 is 0 Å². The van der Waals surface area contributed by atoms with Crippen LogP contribution in [0.3, 0.4) is 0 Å². The van der Waals surface area contributed by atoms with E-state index in [1.54, 1.807) is 0 Å². The van der Waals surface area contributed by atoms with Crippen LogP contribution in [0, 0.1) is 0 Å². The molecule has 0 amide bonds. The molecule has 1 aliphatic rings. The summed E-state index contributed by atoms with van der Waals surface area (Å²) in [5.74, 6) is 0.678. The summed E-state index contributed by atoms with van der Waals surface area (Å²) < 4.78 is 40.4. The van der Waals surface area contributed by atoms with Gasteiger partial charge in [0.15, 0.2) is 0 Å². The van der Waals surface area contributed by atoms with Crippen LogP contribution in [-0.4, -0.2) is 36.4 Å². The predicted octanol–water partition coefficient (Wildman–Crippen LogP) is 1.90. The third-order valence-electron chi connectivity index (χ3n) is 4.82. The van der Waals surface area contributed by atoms with Gasteiger partial charge in [-0.2, -0.15) is 0 Å². The van der Waals surface area contributed by atoms with E-state index in [1.165, 1.54) is 16.8 Å². The van der Waals surface area contributed by atoms with Gasteiger partial charge in [-0.3, -0.25) is 14.3 Å². The summed E-state index contributed by atoms with van der Waals surface area (Å²) in [6.45, 7) is 2.11. The van der Waals surface area contributed by atoms with Crippen molar-refractivity contribution in [2.75, 3.05) is 12.4 Å². The van der Waals surface area contributed by atoms with Crippen LogP contribution in [0.25, 0.3) is 0 Å². The normalized spacial score (nSPS) is 15.0. The van der Waals surface area contributed by atoms with Crippen molar-refractivity contribution in [1.82, 2.24) is 14.3 Å². The highest BCUT2D eigenvalue weighted by molar-refractivity contribution is 7.89. The maximum atomic E-state index is 12.6. The standard InChI is InChI=1S/C21H29N3O6S/c1-2-5-19(16-6-3-7-18(14-16)30-17-8-9-17)23-31(27,28)13-4-12-29-15-24-11-10-20(25)22-21(24)26/h3,6-7,10-11,14,17,19,23H,2,4-5,8-9,12-13,15H2,1H3,(H,22,25,26)/t19-/m1/s1. The molecule has 1 aromatic heterocycles. The van der Waals surface area contributed by atoms with Crippen LogP contribution < -0.4 is 20.7 Å². The Morgan fingerprint density at radius 1 is 1.26 bits per heavy atom. The van der Waals surface area contributed by atoms with Crippen molar-refractivity contribution in [2.45, 2.75) is 57.9 Å². The molecule has 10 heteroatoms. The van der Waals surface area contributed by atoms with E-state index in [9.17, 15) is 18.0 Å². The first-order chi connectivity index (χ1) is 14.9. The Bertz CT molecular complexity index is 1070. The van der Waals surface area contributed by atoms with Gasteiger partial charge in [-0.05, 0) is 43.4 Å². The van der Waals surface area contributed by atoms with Crippen molar-refractivity contribution in [3.63, 3.8) is 0 Å². The number of nitrogens with one attached hydrogen (secondary N) is 2. The fourth-order valence-electron chi connectivity index (χ4n) is 3.10. The van der Waals surface area contributed by atoms with Crippen LogP contribution in [-0.2, 0) is 21.5 Å². The van der Waals surface area contributed by atoms with E-state index in [0.717, 1.165) is 30.6 Å². The van der Waals surface area contributed by atoms with Gasteiger partial charge in [0.1, 0.15) is 12.5 Å². The Hall–Kier alpha value is -2.43. The van der Waals surface area contributed by atoms with Crippen molar-refractivity contribution < 1.29 is 17.9 Å². The largest absolute Gasteiger partial charge is 0.490 e. The zero-order valence-electron chi connectivity index (χ0n) is 17.6. The van der Waals surface area contributed by atoms with Gasteiger partial charge in [0.25, 0.3) is 5.56 Å². The summed E-state index contributed by atoms with van der Waals surface area (Å²) in [6, 6.07) is 8.50. The van der Waals surface area contributed by atoms with Crippen molar-refractivity contribution >= 4 is 10.0 Å². The van der Waals surface area contributed by atoms with E-state index in [-0.39, 0.29) is 37.7 Å². The fraction of sp³-hybridized carbons (Fsp3) is 0.524. The second-order valence-electron chi connectivity index (χ2n) is 7.64. The number of H-pyrrole nitrogens is 1. The Kier molecular flexibility index (Phi) is 8.05. The van der Waals surface area contributed by atoms with Crippen LogP contribution in [0.2, 0.25) is 0 Å². The number of aromatic amines is 1. The van der Waals surface area contributed by atoms with Gasteiger partial charge in [0, 0.05) is 24.9 Å². The number of ether oxygens (including phenoxy) is 2. The SMILES string of the molecule is CCC[C@@H](NS(=O)(=O)CCCOCn1ccc(=O)[nH]c1=O)c1cccc(OC2CC2)c1. The molecule has 2 aromatic rings. The summed E-state index contributed by atoms with van der Waals surface area (Å²) in [6.07, 6.45) is 5.52. The van der Waals surface area contributed by atoms with Crippen LogP contribution in [0.15, 0.2) is 46.1 Å². The molecule has 0 saturated heterocycles. The monoisotopic (exact) mass is 451 g/mol. The molecule has 0 aliphatic heterocycles. The maximum Gasteiger partial charge on any atom is 0.330 e. The minimum Gasteiger partial charge on any atom is -0.490 e. The molecule has 1 fully saturated rings. The Balaban J connectivity index is 1.50. The third kappa shape index (κ3) is 7.64. The first kappa shape index (κ1) is 23.2. The third-order valence-corrected chi connectivity index (χ3v) is 6.29. The molecule has 2 N–H and O–H groups in total. The van der Waals surface area contributed by atoms with E-state index in [2.05, 4.69) is 9.71 Å². The molecule has 1 saturated carbocycles. The van der Waals surface area contributed by atoms with Gasteiger partial charge in [-0.1, -0.05) is 25.5 Å². The lowest BCUT2D eigenvalue weighted by molar-refractivity contribution is 0.0744. The molecule has 1 heterocycles. The number of rotatable bonds is 13. The lowest BCUT2D eigenvalue weighted by Crippen LogP contribution is -2.31. The zero-order chi connectivity index (χ0) is 22.3. The number of sulfonamides is 1. The molecule has 1 atom stereocenters. The lowest BCUT2D eigenvalue weighted by atomic mass is 10.0. The Morgan fingerprint density at radius 2 is 2.06 bits per heavy atom. The number of nitrogens with zero attached hydrogens (tertiary/aromatic N) is 1. The molecule has 3 rings (SSSR count). The maximum absolute atomic E-state index is 12.6. The summed E-state index contributed by atoms with van der Waals surface area (Å²) in [4.78, 5) is 24.8. The quantitative estimate of drug-likeness (QED) is 0.449. The molecule has 9 nitrogen and oxygen atoms in total. The predicted molar refractivity (Wildman–Crippen MR) is 117 cm³/mol. The number of benzene rings is 1. The topological polar surface area (TPSA) is 119 Å². The molecule has 0 unspecified atom stereocenters. The number of hydrogen-bond acceptors (Lipinski definition) is 6. The van der Waals surface area contributed by atoms with Crippen LogP contribution in [0.1, 0.15) is 50.6 Å².